The lowest BCUT2D eigenvalue weighted by atomic mass is 10.1. The molecule has 10 nitrogen and oxygen atoms in total. The standard InChI is InChI=1S/C23H32N6O4S/c1-13(2)11-29-20(25)19(21(31)27-23(29)32)28(8-7-9-33-6)18(30)12-34-22-17(10-24)15(4)14(3)16(5)26-22/h13H,7-9,11-12,25H2,1-6H3,(H,27,31,32). The quantitative estimate of drug-likeness (QED) is 0.382. The predicted octanol–water partition coefficient (Wildman–Crippen LogP) is 2.13. The van der Waals surface area contributed by atoms with Gasteiger partial charge in [-0.2, -0.15) is 5.26 Å². The molecule has 184 valence electrons. The van der Waals surface area contributed by atoms with Crippen LogP contribution in [0.15, 0.2) is 14.6 Å². The van der Waals surface area contributed by atoms with Crippen LogP contribution < -0.4 is 21.9 Å². The van der Waals surface area contributed by atoms with Gasteiger partial charge in [0.05, 0.1) is 11.3 Å². The fourth-order valence-electron chi connectivity index (χ4n) is 3.47. The first-order chi connectivity index (χ1) is 16.0. The molecule has 0 saturated heterocycles. The number of ether oxygens (including phenoxy) is 1. The fraction of sp³-hybridized carbons (Fsp3) is 0.522. The number of nitrogen functional groups attached to an aromatic ring is 1. The molecule has 0 aromatic carbocycles. The minimum Gasteiger partial charge on any atom is -0.385 e. The Labute approximate surface area is 203 Å². The zero-order valence-electron chi connectivity index (χ0n) is 20.5. The molecule has 1 amide bonds. The van der Waals surface area contributed by atoms with Gasteiger partial charge in [-0.25, -0.2) is 9.78 Å². The number of methoxy groups -OCH3 is 1. The number of aryl methyl sites for hydroxylation is 1. The SMILES string of the molecule is COCCCN(C(=O)CSc1nc(C)c(C)c(C)c1C#N)c1c(N)n(CC(C)C)c(=O)[nH]c1=O. The van der Waals surface area contributed by atoms with E-state index in [0.717, 1.165) is 28.6 Å². The highest BCUT2D eigenvalue weighted by atomic mass is 32.2. The zero-order valence-corrected chi connectivity index (χ0v) is 21.3. The lowest BCUT2D eigenvalue weighted by molar-refractivity contribution is -0.116. The van der Waals surface area contributed by atoms with Gasteiger partial charge < -0.3 is 15.4 Å². The van der Waals surface area contributed by atoms with Crippen molar-refractivity contribution >= 4 is 29.2 Å². The average molecular weight is 489 g/mol. The Bertz CT molecular complexity index is 1210. The number of rotatable bonds is 10. The molecule has 0 aliphatic rings. The number of aromatic nitrogens is 3. The summed E-state index contributed by atoms with van der Waals surface area (Å²) >= 11 is 1.13. The number of aromatic amines is 1. The Morgan fingerprint density at radius 2 is 1.97 bits per heavy atom. The maximum absolute atomic E-state index is 13.3. The summed E-state index contributed by atoms with van der Waals surface area (Å²) in [6.07, 6.45) is 0.458. The Morgan fingerprint density at radius 1 is 1.29 bits per heavy atom. The van der Waals surface area contributed by atoms with Crippen LogP contribution in [0.1, 0.15) is 42.7 Å². The second kappa shape index (κ2) is 11.9. The number of pyridine rings is 1. The first-order valence-corrected chi connectivity index (χ1v) is 11.9. The molecule has 0 atom stereocenters. The summed E-state index contributed by atoms with van der Waals surface area (Å²) in [5, 5.41) is 10.1. The highest BCUT2D eigenvalue weighted by molar-refractivity contribution is 8.00. The van der Waals surface area contributed by atoms with Gasteiger partial charge in [0.1, 0.15) is 16.9 Å². The van der Waals surface area contributed by atoms with E-state index in [-0.39, 0.29) is 29.7 Å². The van der Waals surface area contributed by atoms with E-state index in [2.05, 4.69) is 16.0 Å². The Morgan fingerprint density at radius 3 is 2.56 bits per heavy atom. The van der Waals surface area contributed by atoms with Gasteiger partial charge in [-0.3, -0.25) is 19.1 Å². The van der Waals surface area contributed by atoms with Crippen LogP contribution in [0.4, 0.5) is 11.5 Å². The lowest BCUT2D eigenvalue weighted by Crippen LogP contribution is -2.42. The zero-order chi connectivity index (χ0) is 25.6. The van der Waals surface area contributed by atoms with Gasteiger partial charge in [0.15, 0.2) is 5.69 Å². The molecule has 0 fully saturated rings. The molecule has 11 heteroatoms. The van der Waals surface area contributed by atoms with Gasteiger partial charge in [-0.15, -0.1) is 0 Å². The third-order valence-electron chi connectivity index (χ3n) is 5.47. The number of carbonyl (C=O) groups is 1. The van der Waals surface area contributed by atoms with Crippen molar-refractivity contribution in [3.63, 3.8) is 0 Å². The van der Waals surface area contributed by atoms with Crippen molar-refractivity contribution in [3.05, 3.63) is 43.2 Å². The third kappa shape index (κ3) is 6.07. The molecule has 0 aliphatic heterocycles. The molecule has 0 spiro atoms. The maximum atomic E-state index is 13.3. The molecule has 0 aliphatic carbocycles. The molecule has 0 saturated carbocycles. The van der Waals surface area contributed by atoms with Gasteiger partial charge in [-0.1, -0.05) is 25.6 Å². The van der Waals surface area contributed by atoms with Crippen molar-refractivity contribution in [2.24, 2.45) is 5.92 Å². The number of nitriles is 1. The van der Waals surface area contributed by atoms with Crippen LogP contribution >= 0.6 is 11.8 Å². The van der Waals surface area contributed by atoms with E-state index in [0.29, 0.717) is 30.2 Å². The van der Waals surface area contributed by atoms with Crippen LogP contribution in [0.5, 0.6) is 0 Å². The lowest BCUT2D eigenvalue weighted by Gasteiger charge is -2.25. The highest BCUT2D eigenvalue weighted by Crippen LogP contribution is 2.27. The summed E-state index contributed by atoms with van der Waals surface area (Å²) in [5.74, 6) is -0.431. The number of hydrogen-bond acceptors (Lipinski definition) is 8. The van der Waals surface area contributed by atoms with Crippen molar-refractivity contribution in [1.82, 2.24) is 14.5 Å². The third-order valence-corrected chi connectivity index (χ3v) is 6.43. The number of amides is 1. The normalized spacial score (nSPS) is 11.0. The Hall–Kier alpha value is -3.10. The average Bonchev–Trinajstić information content (AvgIpc) is 2.77. The number of hydrogen-bond donors (Lipinski definition) is 2. The summed E-state index contributed by atoms with van der Waals surface area (Å²) < 4.78 is 6.37. The van der Waals surface area contributed by atoms with Gasteiger partial charge >= 0.3 is 5.69 Å². The molecule has 0 unspecified atom stereocenters. The monoisotopic (exact) mass is 488 g/mol. The second-order valence-electron chi connectivity index (χ2n) is 8.42. The topological polar surface area (TPSA) is 147 Å². The molecular weight excluding hydrogens is 456 g/mol. The minimum atomic E-state index is -0.726. The largest absolute Gasteiger partial charge is 0.385 e. The minimum absolute atomic E-state index is 0.0592. The molecule has 0 radical (unpaired) electrons. The molecule has 3 N–H and O–H groups in total. The van der Waals surface area contributed by atoms with Crippen molar-refractivity contribution in [3.8, 4) is 6.07 Å². The molecule has 2 aromatic rings. The van der Waals surface area contributed by atoms with Gasteiger partial charge in [0.25, 0.3) is 5.56 Å². The predicted molar refractivity (Wildman–Crippen MR) is 133 cm³/mol. The van der Waals surface area contributed by atoms with Crippen LogP contribution in [0.3, 0.4) is 0 Å². The molecule has 0 bridgehead atoms. The molecule has 2 heterocycles. The number of H-pyrrole nitrogens is 1. The number of nitrogens with one attached hydrogen (secondary N) is 1. The van der Waals surface area contributed by atoms with Crippen LogP contribution in [-0.4, -0.2) is 46.5 Å². The first kappa shape index (κ1) is 27.1. The van der Waals surface area contributed by atoms with E-state index in [1.54, 1.807) is 7.11 Å². The summed E-state index contributed by atoms with van der Waals surface area (Å²) in [6.45, 7) is 10.3. The number of nitrogens with two attached hydrogens (primary N) is 1. The number of thioether (sulfide) groups is 1. The second-order valence-corrected chi connectivity index (χ2v) is 9.38. The van der Waals surface area contributed by atoms with Crippen molar-refractivity contribution in [2.75, 3.05) is 36.6 Å². The summed E-state index contributed by atoms with van der Waals surface area (Å²) in [5.41, 5.74) is 7.79. The van der Waals surface area contributed by atoms with Crippen LogP contribution in [0, 0.1) is 38.0 Å². The summed E-state index contributed by atoms with van der Waals surface area (Å²) in [4.78, 5) is 46.5. The van der Waals surface area contributed by atoms with E-state index >= 15 is 0 Å². The fourth-order valence-corrected chi connectivity index (χ4v) is 4.43. The van der Waals surface area contributed by atoms with E-state index in [1.807, 2.05) is 34.6 Å². The van der Waals surface area contributed by atoms with E-state index in [4.69, 9.17) is 10.5 Å². The summed E-state index contributed by atoms with van der Waals surface area (Å²) in [7, 11) is 1.54. The van der Waals surface area contributed by atoms with Gasteiger partial charge in [-0.05, 0) is 44.2 Å². The van der Waals surface area contributed by atoms with Crippen LogP contribution in [0.2, 0.25) is 0 Å². The van der Waals surface area contributed by atoms with Crippen molar-refractivity contribution in [2.45, 2.75) is 52.6 Å². The summed E-state index contributed by atoms with van der Waals surface area (Å²) in [6, 6.07) is 2.17. The van der Waals surface area contributed by atoms with Crippen LogP contribution in [0.25, 0.3) is 0 Å². The smallest absolute Gasteiger partial charge is 0.330 e. The number of nitrogens with zero attached hydrogens (tertiary/aromatic N) is 4. The highest BCUT2D eigenvalue weighted by Gasteiger charge is 2.25. The van der Waals surface area contributed by atoms with E-state index < -0.39 is 17.2 Å². The molecular formula is C23H32N6O4S. The Balaban J connectivity index is 2.45. The number of carbonyl (C=O) groups excluding carboxylic acids is 1. The van der Waals surface area contributed by atoms with E-state index in [1.165, 1.54) is 9.47 Å². The molecule has 34 heavy (non-hydrogen) atoms. The van der Waals surface area contributed by atoms with Crippen LogP contribution in [-0.2, 0) is 16.1 Å². The maximum Gasteiger partial charge on any atom is 0.330 e. The molecule has 2 aromatic heterocycles. The van der Waals surface area contributed by atoms with Crippen molar-refractivity contribution in [1.29, 1.82) is 5.26 Å². The first-order valence-electron chi connectivity index (χ1n) is 11.0. The Kier molecular flexibility index (Phi) is 9.46. The van der Waals surface area contributed by atoms with Gasteiger partial charge in [0, 0.05) is 32.5 Å². The van der Waals surface area contributed by atoms with Crippen molar-refractivity contribution < 1.29 is 9.53 Å². The molecule has 2 rings (SSSR count). The van der Waals surface area contributed by atoms with Gasteiger partial charge in [0.2, 0.25) is 5.91 Å². The van der Waals surface area contributed by atoms with E-state index in [9.17, 15) is 19.6 Å². The number of anilines is 2.